The summed E-state index contributed by atoms with van der Waals surface area (Å²) in [6.45, 7) is 1.72. The molecule has 0 fully saturated rings. The first-order chi connectivity index (χ1) is 16.5. The van der Waals surface area contributed by atoms with Crippen molar-refractivity contribution in [3.63, 3.8) is 0 Å². The summed E-state index contributed by atoms with van der Waals surface area (Å²) in [6.07, 6.45) is 1.82. The van der Waals surface area contributed by atoms with Gasteiger partial charge in [-0.05, 0) is 50.9 Å². The third kappa shape index (κ3) is 6.74. The summed E-state index contributed by atoms with van der Waals surface area (Å²) >= 11 is 0. The fourth-order valence-corrected chi connectivity index (χ4v) is 4.24. The van der Waals surface area contributed by atoms with E-state index in [9.17, 15) is 24.3 Å². The summed E-state index contributed by atoms with van der Waals surface area (Å²) in [7, 11) is 1.58. The van der Waals surface area contributed by atoms with E-state index < -0.39 is 47.4 Å². The van der Waals surface area contributed by atoms with Crippen molar-refractivity contribution in [1.29, 1.82) is 5.41 Å². The lowest BCUT2D eigenvalue weighted by Gasteiger charge is -2.32. The number of carbonyl (C=O) groups excluding carboxylic acids is 3. The zero-order valence-corrected chi connectivity index (χ0v) is 20.0. The minimum Gasteiger partial charge on any atom is -0.481 e. The van der Waals surface area contributed by atoms with Crippen LogP contribution >= 0.6 is 0 Å². The molecule has 2 rings (SSSR count). The highest BCUT2D eigenvalue weighted by atomic mass is 16.4. The maximum absolute atomic E-state index is 13.6. The summed E-state index contributed by atoms with van der Waals surface area (Å²) in [4.78, 5) is 52.7. The molecular formula is C24H34N6O5. The normalized spacial score (nSPS) is 18.6. The van der Waals surface area contributed by atoms with Gasteiger partial charge in [0.2, 0.25) is 5.91 Å². The Kier molecular flexibility index (Phi) is 9.67. The number of rotatable bonds is 12. The van der Waals surface area contributed by atoms with Gasteiger partial charge in [-0.2, -0.15) is 0 Å². The number of amides is 1. The van der Waals surface area contributed by atoms with E-state index in [4.69, 9.17) is 16.9 Å². The number of ketones is 2. The number of likely N-dealkylation sites (N-methyl/N-ethyl adjacent to an activating group) is 1. The molecule has 0 aliphatic carbocycles. The molecule has 190 valence electrons. The number of benzene rings is 1. The maximum atomic E-state index is 13.6. The number of aliphatic carboxylic acids is 1. The number of nitrogens with zero attached hydrogens (tertiary/aromatic N) is 1. The molecule has 2 unspecified atom stereocenters. The van der Waals surface area contributed by atoms with Gasteiger partial charge in [0.15, 0.2) is 23.1 Å². The summed E-state index contributed by atoms with van der Waals surface area (Å²) in [5.41, 5.74) is 10.6. The quantitative estimate of drug-likeness (QED) is 0.0784. The Bertz CT molecular complexity index is 995. The van der Waals surface area contributed by atoms with Gasteiger partial charge in [0.25, 0.3) is 0 Å². The number of nitrogens with one attached hydrogen (secondary N) is 3. The molecule has 0 saturated heterocycles. The molecule has 0 saturated carbocycles. The number of carbonyl (C=O) groups is 4. The van der Waals surface area contributed by atoms with Gasteiger partial charge in [-0.25, -0.2) is 0 Å². The van der Waals surface area contributed by atoms with Crippen molar-refractivity contribution in [2.75, 3.05) is 25.0 Å². The Labute approximate surface area is 204 Å². The number of anilines is 1. The zero-order valence-electron chi connectivity index (χ0n) is 20.0. The molecule has 3 atom stereocenters. The first-order valence-corrected chi connectivity index (χ1v) is 11.4. The first-order valence-electron chi connectivity index (χ1n) is 11.4. The molecule has 11 heteroatoms. The Morgan fingerprint density at radius 3 is 2.49 bits per heavy atom. The van der Waals surface area contributed by atoms with Gasteiger partial charge in [0, 0.05) is 18.8 Å². The standard InChI is InChI=1S/C24H34N6O5/c1-15(31)24(27,21(34)19(28-2)9-6-11-29-23(25)26)17-10-12-30(18-7-4-3-5-8-18)22(35)16(13-17)14-20(32)33/h3-5,7-8,13,16,19,28H,6,9-12,14,27H2,1-2H3,(H,32,33)(H4,25,26,29)/t16?,19-,24?/m0/s1. The fourth-order valence-electron chi connectivity index (χ4n) is 4.24. The first kappa shape index (κ1) is 27.7. The van der Waals surface area contributed by atoms with Gasteiger partial charge in [0.1, 0.15) is 0 Å². The minimum atomic E-state index is -2.02. The molecule has 0 radical (unpaired) electrons. The number of nitrogens with two attached hydrogens (primary N) is 2. The van der Waals surface area contributed by atoms with Crippen LogP contribution in [-0.4, -0.2) is 66.2 Å². The molecule has 0 spiro atoms. The van der Waals surface area contributed by atoms with Gasteiger partial charge >= 0.3 is 5.97 Å². The number of carboxylic acid groups (broad SMARTS) is 1. The van der Waals surface area contributed by atoms with E-state index >= 15 is 0 Å². The van der Waals surface area contributed by atoms with Crippen LogP contribution in [-0.2, 0) is 19.2 Å². The van der Waals surface area contributed by atoms with E-state index in [0.29, 0.717) is 25.1 Å². The molecule has 8 N–H and O–H groups in total. The molecule has 35 heavy (non-hydrogen) atoms. The average molecular weight is 487 g/mol. The molecule has 1 aliphatic rings. The van der Waals surface area contributed by atoms with E-state index in [-0.39, 0.29) is 24.5 Å². The molecule has 0 aromatic heterocycles. The second-order valence-corrected chi connectivity index (χ2v) is 8.52. The predicted molar refractivity (Wildman–Crippen MR) is 132 cm³/mol. The lowest BCUT2D eigenvalue weighted by molar-refractivity contribution is -0.139. The Balaban J connectivity index is 2.41. The van der Waals surface area contributed by atoms with Crippen LogP contribution in [0.4, 0.5) is 5.69 Å². The van der Waals surface area contributed by atoms with Crippen LogP contribution < -0.4 is 27.0 Å². The molecule has 1 aromatic carbocycles. The van der Waals surface area contributed by atoms with Gasteiger partial charge in [-0.3, -0.25) is 24.6 Å². The topological polar surface area (TPSA) is 192 Å². The molecular weight excluding hydrogens is 452 g/mol. The van der Waals surface area contributed by atoms with E-state index in [1.54, 1.807) is 37.4 Å². The molecule has 1 aliphatic heterocycles. The number of para-hydroxylation sites is 1. The largest absolute Gasteiger partial charge is 0.481 e. The predicted octanol–water partition coefficient (Wildman–Crippen LogP) is 0.147. The van der Waals surface area contributed by atoms with Crippen LogP contribution in [0.25, 0.3) is 0 Å². The van der Waals surface area contributed by atoms with Crippen LogP contribution in [0.5, 0.6) is 0 Å². The lowest BCUT2D eigenvalue weighted by Crippen LogP contribution is -2.61. The maximum Gasteiger partial charge on any atom is 0.304 e. The molecule has 0 bridgehead atoms. The SMILES string of the molecule is CN[C@@H](CCCNC(=N)N)C(=O)C(N)(C(C)=O)C1=CC(CC(=O)O)C(=O)N(c2ccccc2)CC1. The third-order valence-electron chi connectivity index (χ3n) is 6.15. The van der Waals surface area contributed by atoms with Crippen molar-refractivity contribution in [2.24, 2.45) is 17.4 Å². The van der Waals surface area contributed by atoms with Crippen molar-refractivity contribution < 1.29 is 24.3 Å². The summed E-state index contributed by atoms with van der Waals surface area (Å²) in [5.74, 6) is -4.05. The van der Waals surface area contributed by atoms with Crippen molar-refractivity contribution in [3.8, 4) is 0 Å². The van der Waals surface area contributed by atoms with Gasteiger partial charge < -0.3 is 32.1 Å². The second-order valence-electron chi connectivity index (χ2n) is 8.52. The average Bonchev–Trinajstić information content (AvgIpc) is 2.97. The van der Waals surface area contributed by atoms with Crippen molar-refractivity contribution >= 4 is 35.1 Å². The number of guanidine groups is 1. The van der Waals surface area contributed by atoms with Crippen molar-refractivity contribution in [2.45, 2.75) is 44.2 Å². The highest BCUT2D eigenvalue weighted by molar-refractivity contribution is 6.16. The molecule has 11 nitrogen and oxygen atoms in total. The Morgan fingerprint density at radius 1 is 1.29 bits per heavy atom. The Morgan fingerprint density at radius 2 is 1.94 bits per heavy atom. The Hall–Kier alpha value is -3.57. The van der Waals surface area contributed by atoms with E-state index in [2.05, 4.69) is 10.6 Å². The van der Waals surface area contributed by atoms with Gasteiger partial charge in [-0.15, -0.1) is 0 Å². The third-order valence-corrected chi connectivity index (χ3v) is 6.15. The smallest absolute Gasteiger partial charge is 0.304 e. The monoisotopic (exact) mass is 486 g/mol. The molecule has 1 amide bonds. The zero-order chi connectivity index (χ0) is 26.2. The highest BCUT2D eigenvalue weighted by Crippen LogP contribution is 2.31. The van der Waals surface area contributed by atoms with E-state index in [1.165, 1.54) is 17.9 Å². The summed E-state index contributed by atoms with van der Waals surface area (Å²) in [5, 5.41) is 22.2. The van der Waals surface area contributed by atoms with E-state index in [0.717, 1.165) is 0 Å². The minimum absolute atomic E-state index is 0.126. The van der Waals surface area contributed by atoms with Crippen molar-refractivity contribution in [1.82, 2.24) is 10.6 Å². The van der Waals surface area contributed by atoms with Gasteiger partial charge in [0.05, 0.1) is 18.4 Å². The van der Waals surface area contributed by atoms with Crippen LogP contribution in [0.1, 0.15) is 32.6 Å². The fraction of sp³-hybridized carbons (Fsp3) is 0.458. The second kappa shape index (κ2) is 12.2. The van der Waals surface area contributed by atoms with Crippen LogP contribution in [0.15, 0.2) is 42.0 Å². The summed E-state index contributed by atoms with van der Waals surface area (Å²) < 4.78 is 0. The number of hydrogen-bond donors (Lipinski definition) is 6. The molecule has 1 aromatic rings. The number of hydrogen-bond acceptors (Lipinski definition) is 7. The van der Waals surface area contributed by atoms with Crippen LogP contribution in [0.2, 0.25) is 0 Å². The van der Waals surface area contributed by atoms with E-state index in [1.807, 2.05) is 0 Å². The summed E-state index contributed by atoms with van der Waals surface area (Å²) in [6, 6.07) is 8.02. The van der Waals surface area contributed by atoms with Gasteiger partial charge in [-0.1, -0.05) is 24.3 Å². The van der Waals surface area contributed by atoms with Crippen molar-refractivity contribution in [3.05, 3.63) is 42.0 Å². The number of carboxylic acids is 1. The highest BCUT2D eigenvalue weighted by Gasteiger charge is 2.46. The lowest BCUT2D eigenvalue weighted by atomic mass is 9.76. The van der Waals surface area contributed by atoms with Crippen LogP contribution in [0, 0.1) is 11.3 Å². The number of Topliss-reactive ketones (excluding diaryl/α,β-unsaturated/α-hetero) is 2. The molecule has 1 heterocycles. The van der Waals surface area contributed by atoms with Crippen LogP contribution in [0.3, 0.4) is 0 Å².